The first-order chi connectivity index (χ1) is 40.9. The summed E-state index contributed by atoms with van der Waals surface area (Å²) in [6.45, 7) is 20.3. The maximum atomic E-state index is 13.1. The Balaban J connectivity index is 2.58. The van der Waals surface area contributed by atoms with Gasteiger partial charge in [0.15, 0.2) is 0 Å². The van der Waals surface area contributed by atoms with Crippen LogP contribution < -0.4 is 0 Å². The highest BCUT2D eigenvalue weighted by Crippen LogP contribution is 2.17. The van der Waals surface area contributed by atoms with Gasteiger partial charge in [-0.15, -0.1) is 0 Å². The molecule has 2 atom stereocenters. The second kappa shape index (κ2) is 57.4. The predicted octanol–water partition coefficient (Wildman–Crippen LogP) is 14.1. The summed E-state index contributed by atoms with van der Waals surface area (Å²) in [4.78, 5) is 85.6. The number of esters is 6. The molecule has 1 fully saturated rings. The average Bonchev–Trinajstić information content (AvgIpc) is 3.68. The minimum atomic E-state index is -0.322. The summed E-state index contributed by atoms with van der Waals surface area (Å²) in [6, 6.07) is 0.369. The summed E-state index contributed by atoms with van der Waals surface area (Å²) in [5.74, 6) is -1.70. The molecule has 0 N–H and O–H groups in total. The SMILES string of the molecule is CCCCCCCCCCOC(=O)CCN(CCC(=O)OCCCCCCCCCC)CCC(=O)OCCN1CC(C)N(CCOC(=O)CCN(CCC(=O)OCCCCCCCCCC)CCC(=O)OCCCCCCCCCC)CC1C. The predicted molar refractivity (Wildman–Crippen MR) is 339 cm³/mol. The average molecular weight is 1190 g/mol. The molecule has 0 aromatic carbocycles. The standard InChI is InChI=1S/C68H128N4O12/c1-7-11-15-19-23-27-31-35-53-79-63(73)39-45-69(46-40-64(74)80-54-36-32-28-24-20-16-12-8-2)49-43-67(77)83-57-51-71-59-62(6)72(60-61(71)5)52-58-84-68(78)44-50-70(47-41-65(75)81-55-37-33-29-25-21-17-13-9-3)48-42-66(76)82-56-38-34-30-26-22-18-14-10-4/h61-62H,7-60H2,1-6H3. The third-order valence-electron chi connectivity index (χ3n) is 16.4. The fourth-order valence-corrected chi connectivity index (χ4v) is 10.7. The first-order valence-corrected chi connectivity index (χ1v) is 34.8. The van der Waals surface area contributed by atoms with Gasteiger partial charge in [0.25, 0.3) is 0 Å². The van der Waals surface area contributed by atoms with Crippen molar-refractivity contribution in [3.63, 3.8) is 0 Å². The van der Waals surface area contributed by atoms with Gasteiger partial charge in [0.05, 0.1) is 65.0 Å². The molecule has 0 aromatic rings. The molecule has 1 rings (SSSR count). The Bertz CT molecular complexity index is 1420. The molecule has 0 saturated carbocycles. The maximum Gasteiger partial charge on any atom is 0.307 e. The van der Waals surface area contributed by atoms with Crippen LogP contribution in [-0.4, -0.2) is 173 Å². The van der Waals surface area contributed by atoms with Crippen molar-refractivity contribution < 1.29 is 57.2 Å². The summed E-state index contributed by atoms with van der Waals surface area (Å²) in [6.07, 6.45) is 38.5. The quantitative estimate of drug-likeness (QED) is 0.0320. The smallest absolute Gasteiger partial charge is 0.307 e. The van der Waals surface area contributed by atoms with Crippen molar-refractivity contribution in [3.8, 4) is 0 Å². The number of rotatable bonds is 60. The van der Waals surface area contributed by atoms with Crippen LogP contribution in [0, 0.1) is 0 Å². The third kappa shape index (κ3) is 48.7. The number of nitrogens with zero attached hydrogens (tertiary/aromatic N) is 4. The number of hydrogen-bond acceptors (Lipinski definition) is 16. The molecule has 0 amide bonds. The topological polar surface area (TPSA) is 171 Å². The molecule has 1 heterocycles. The molecule has 1 saturated heterocycles. The molecule has 0 bridgehead atoms. The summed E-state index contributed by atoms with van der Waals surface area (Å²) in [5.41, 5.74) is 0. The number of ether oxygens (including phenoxy) is 6. The highest BCUT2D eigenvalue weighted by atomic mass is 16.6. The molecule has 16 heteroatoms. The van der Waals surface area contributed by atoms with E-state index in [1.807, 2.05) is 9.80 Å². The Hall–Kier alpha value is -3.34. The van der Waals surface area contributed by atoms with E-state index in [0.29, 0.717) is 78.8 Å². The number of piperazine rings is 1. The molecule has 0 aliphatic carbocycles. The lowest BCUT2D eigenvalue weighted by molar-refractivity contribution is -0.147. The van der Waals surface area contributed by atoms with Crippen LogP contribution in [0.4, 0.5) is 0 Å². The Morgan fingerprint density at radius 1 is 0.286 bits per heavy atom. The lowest BCUT2D eigenvalue weighted by atomic mass is 10.1. The molecular formula is C68H128N4O12. The first kappa shape index (κ1) is 78.7. The van der Waals surface area contributed by atoms with Crippen LogP contribution in [0.3, 0.4) is 0 Å². The Labute approximate surface area is 513 Å². The van der Waals surface area contributed by atoms with Gasteiger partial charge in [-0.3, -0.25) is 38.6 Å². The molecule has 1 aliphatic rings. The summed E-state index contributed by atoms with van der Waals surface area (Å²) in [7, 11) is 0. The van der Waals surface area contributed by atoms with E-state index in [0.717, 1.165) is 90.1 Å². The molecule has 84 heavy (non-hydrogen) atoms. The third-order valence-corrected chi connectivity index (χ3v) is 16.4. The van der Waals surface area contributed by atoms with E-state index in [4.69, 9.17) is 28.4 Å². The van der Waals surface area contributed by atoms with Crippen molar-refractivity contribution >= 4 is 35.8 Å². The molecule has 1 aliphatic heterocycles. The number of carbonyl (C=O) groups excluding carboxylic acids is 6. The Morgan fingerprint density at radius 2 is 0.464 bits per heavy atom. The van der Waals surface area contributed by atoms with Crippen LogP contribution in [0.15, 0.2) is 0 Å². The summed E-state index contributed by atoms with van der Waals surface area (Å²) in [5, 5.41) is 0. The Morgan fingerprint density at radius 3 is 0.667 bits per heavy atom. The fraction of sp³-hybridized carbons (Fsp3) is 0.912. The zero-order chi connectivity index (χ0) is 61.4. The summed E-state index contributed by atoms with van der Waals surface area (Å²) >= 11 is 0. The molecule has 16 nitrogen and oxygen atoms in total. The van der Waals surface area contributed by atoms with Crippen LogP contribution in [-0.2, 0) is 57.2 Å². The largest absolute Gasteiger partial charge is 0.466 e. The van der Waals surface area contributed by atoms with E-state index >= 15 is 0 Å². The van der Waals surface area contributed by atoms with E-state index in [9.17, 15) is 28.8 Å². The highest BCUT2D eigenvalue weighted by molar-refractivity contribution is 5.72. The molecule has 0 radical (unpaired) electrons. The first-order valence-electron chi connectivity index (χ1n) is 34.8. The van der Waals surface area contributed by atoms with Crippen molar-refractivity contribution in [1.29, 1.82) is 0 Å². The number of carbonyl (C=O) groups is 6. The second-order valence-electron chi connectivity index (χ2n) is 24.1. The number of hydrogen-bond donors (Lipinski definition) is 0. The van der Waals surface area contributed by atoms with Gasteiger partial charge in [0.2, 0.25) is 0 Å². The van der Waals surface area contributed by atoms with Gasteiger partial charge in [-0.2, -0.15) is 0 Å². The van der Waals surface area contributed by atoms with E-state index < -0.39 is 0 Å². The van der Waals surface area contributed by atoms with Crippen molar-refractivity contribution in [2.75, 3.05) is 105 Å². The van der Waals surface area contributed by atoms with E-state index in [2.05, 4.69) is 51.3 Å². The fourth-order valence-electron chi connectivity index (χ4n) is 10.7. The van der Waals surface area contributed by atoms with Crippen molar-refractivity contribution in [1.82, 2.24) is 19.6 Å². The van der Waals surface area contributed by atoms with Gasteiger partial charge >= 0.3 is 35.8 Å². The van der Waals surface area contributed by atoms with Crippen molar-refractivity contribution in [2.24, 2.45) is 0 Å². The molecule has 0 spiro atoms. The Kier molecular flexibility index (Phi) is 53.8. The van der Waals surface area contributed by atoms with Gasteiger partial charge in [0, 0.05) is 77.5 Å². The van der Waals surface area contributed by atoms with Crippen molar-refractivity contribution in [3.05, 3.63) is 0 Å². The molecule has 492 valence electrons. The van der Waals surface area contributed by atoms with Gasteiger partial charge in [-0.25, -0.2) is 0 Å². The van der Waals surface area contributed by atoms with Crippen LogP contribution in [0.1, 0.15) is 286 Å². The van der Waals surface area contributed by atoms with Gasteiger partial charge < -0.3 is 38.2 Å². The lowest BCUT2D eigenvalue weighted by Crippen LogP contribution is -2.57. The molecule has 0 aromatic heterocycles. The van der Waals surface area contributed by atoms with Crippen LogP contribution in [0.2, 0.25) is 0 Å². The van der Waals surface area contributed by atoms with Crippen LogP contribution >= 0.6 is 0 Å². The number of unbranched alkanes of at least 4 members (excludes halogenated alkanes) is 28. The van der Waals surface area contributed by atoms with E-state index in [1.165, 1.54) is 128 Å². The van der Waals surface area contributed by atoms with Crippen LogP contribution in [0.25, 0.3) is 0 Å². The van der Waals surface area contributed by atoms with Gasteiger partial charge in [-0.05, 0) is 39.5 Å². The van der Waals surface area contributed by atoms with E-state index in [1.54, 1.807) is 0 Å². The minimum Gasteiger partial charge on any atom is -0.466 e. The van der Waals surface area contributed by atoms with Crippen molar-refractivity contribution in [2.45, 2.75) is 298 Å². The second-order valence-corrected chi connectivity index (χ2v) is 24.1. The lowest BCUT2D eigenvalue weighted by Gasteiger charge is -2.44. The monoisotopic (exact) mass is 1190 g/mol. The minimum absolute atomic E-state index is 0.138. The summed E-state index contributed by atoms with van der Waals surface area (Å²) < 4.78 is 33.7. The zero-order valence-corrected chi connectivity index (χ0v) is 55.0. The van der Waals surface area contributed by atoms with Crippen LogP contribution in [0.5, 0.6) is 0 Å². The normalized spacial score (nSPS) is 14.7. The van der Waals surface area contributed by atoms with Gasteiger partial charge in [-0.1, -0.05) is 207 Å². The van der Waals surface area contributed by atoms with Gasteiger partial charge in [0.1, 0.15) is 13.2 Å². The zero-order valence-electron chi connectivity index (χ0n) is 55.0. The molecular weight excluding hydrogens is 1060 g/mol. The highest BCUT2D eigenvalue weighted by Gasteiger charge is 2.29. The maximum absolute atomic E-state index is 13.1. The molecule has 2 unspecified atom stereocenters. The van der Waals surface area contributed by atoms with E-state index in [-0.39, 0.29) is 99.6 Å².